The minimum absolute atomic E-state index is 0.287. The molecule has 1 aliphatic rings. The highest BCUT2D eigenvalue weighted by Gasteiger charge is 2.16. The van der Waals surface area contributed by atoms with E-state index >= 15 is 0 Å². The summed E-state index contributed by atoms with van der Waals surface area (Å²) in [5, 5.41) is 0. The molecule has 5 heteroatoms. The molecule has 1 aliphatic heterocycles. The van der Waals surface area contributed by atoms with E-state index in [1.165, 1.54) is 10.6 Å². The second kappa shape index (κ2) is 5.00. The lowest BCUT2D eigenvalue weighted by molar-refractivity contribution is 0.836. The SMILES string of the molecule is Cc1ccccc1-n1c(=O)cc(N2CCCC2)[nH]c1=O. The topological polar surface area (TPSA) is 58.1 Å². The molecule has 1 fully saturated rings. The Kier molecular flexibility index (Phi) is 3.18. The maximum Gasteiger partial charge on any atom is 0.334 e. The Hall–Kier alpha value is -2.30. The van der Waals surface area contributed by atoms with Crippen molar-refractivity contribution in [3.8, 4) is 5.69 Å². The molecule has 1 aromatic carbocycles. The lowest BCUT2D eigenvalue weighted by Gasteiger charge is -2.17. The second-order valence-corrected chi connectivity index (χ2v) is 5.11. The first-order valence-electron chi connectivity index (χ1n) is 6.84. The number of nitrogens with zero attached hydrogens (tertiary/aromatic N) is 2. The van der Waals surface area contributed by atoms with Crippen molar-refractivity contribution in [2.75, 3.05) is 18.0 Å². The molecule has 1 aromatic heterocycles. The van der Waals surface area contributed by atoms with Crippen LogP contribution in [0.5, 0.6) is 0 Å². The first-order chi connectivity index (χ1) is 9.66. The number of nitrogens with one attached hydrogen (secondary N) is 1. The highest BCUT2D eigenvalue weighted by molar-refractivity contribution is 5.43. The minimum atomic E-state index is -0.381. The molecular weight excluding hydrogens is 254 g/mol. The van der Waals surface area contributed by atoms with Gasteiger partial charge in [0, 0.05) is 19.2 Å². The summed E-state index contributed by atoms with van der Waals surface area (Å²) in [6.07, 6.45) is 2.20. The summed E-state index contributed by atoms with van der Waals surface area (Å²) in [6.45, 7) is 3.67. The highest BCUT2D eigenvalue weighted by atomic mass is 16.2. The van der Waals surface area contributed by atoms with Crippen LogP contribution >= 0.6 is 0 Å². The molecule has 3 rings (SSSR count). The zero-order valence-corrected chi connectivity index (χ0v) is 11.4. The van der Waals surface area contributed by atoms with Crippen LogP contribution in [0.3, 0.4) is 0 Å². The summed E-state index contributed by atoms with van der Waals surface area (Å²) in [4.78, 5) is 29.4. The normalized spacial score (nSPS) is 14.8. The average Bonchev–Trinajstić information content (AvgIpc) is 2.94. The Morgan fingerprint density at radius 2 is 1.80 bits per heavy atom. The van der Waals surface area contributed by atoms with Gasteiger partial charge in [0.1, 0.15) is 5.82 Å². The number of aryl methyl sites for hydroxylation is 1. The number of hydrogen-bond acceptors (Lipinski definition) is 3. The molecule has 1 N–H and O–H groups in total. The fourth-order valence-corrected chi connectivity index (χ4v) is 2.65. The van der Waals surface area contributed by atoms with Gasteiger partial charge >= 0.3 is 5.69 Å². The van der Waals surface area contributed by atoms with E-state index in [0.29, 0.717) is 11.5 Å². The van der Waals surface area contributed by atoms with Crippen LogP contribution in [0.25, 0.3) is 5.69 Å². The molecule has 0 amide bonds. The average molecular weight is 271 g/mol. The molecule has 2 heterocycles. The number of rotatable bonds is 2. The molecule has 104 valence electrons. The Labute approximate surface area is 116 Å². The van der Waals surface area contributed by atoms with Crippen LogP contribution in [-0.2, 0) is 0 Å². The van der Waals surface area contributed by atoms with Crippen molar-refractivity contribution in [2.24, 2.45) is 0 Å². The van der Waals surface area contributed by atoms with Crippen molar-refractivity contribution in [3.63, 3.8) is 0 Å². The molecule has 0 saturated carbocycles. The van der Waals surface area contributed by atoms with Gasteiger partial charge in [-0.15, -0.1) is 0 Å². The van der Waals surface area contributed by atoms with Crippen molar-refractivity contribution in [1.29, 1.82) is 0 Å². The summed E-state index contributed by atoms with van der Waals surface area (Å²) >= 11 is 0. The number of hydrogen-bond donors (Lipinski definition) is 1. The Balaban J connectivity index is 2.12. The molecule has 0 bridgehead atoms. The van der Waals surface area contributed by atoms with Crippen LogP contribution in [0.4, 0.5) is 5.82 Å². The van der Waals surface area contributed by atoms with E-state index in [-0.39, 0.29) is 11.2 Å². The number of anilines is 1. The minimum Gasteiger partial charge on any atom is -0.358 e. The largest absolute Gasteiger partial charge is 0.358 e. The van der Waals surface area contributed by atoms with Crippen LogP contribution in [-0.4, -0.2) is 22.6 Å². The third-order valence-corrected chi connectivity index (χ3v) is 3.72. The van der Waals surface area contributed by atoms with Crippen molar-refractivity contribution in [2.45, 2.75) is 19.8 Å². The zero-order valence-electron chi connectivity index (χ0n) is 11.4. The lowest BCUT2D eigenvalue weighted by atomic mass is 10.2. The highest BCUT2D eigenvalue weighted by Crippen LogP contribution is 2.15. The predicted molar refractivity (Wildman–Crippen MR) is 78.8 cm³/mol. The second-order valence-electron chi connectivity index (χ2n) is 5.11. The Morgan fingerprint density at radius 3 is 2.45 bits per heavy atom. The molecule has 0 unspecified atom stereocenters. The van der Waals surface area contributed by atoms with Crippen LogP contribution in [0.15, 0.2) is 39.9 Å². The zero-order chi connectivity index (χ0) is 14.1. The molecule has 5 nitrogen and oxygen atoms in total. The van der Waals surface area contributed by atoms with Gasteiger partial charge in [-0.05, 0) is 31.4 Å². The van der Waals surface area contributed by atoms with Crippen molar-refractivity contribution < 1.29 is 0 Å². The maximum atomic E-state index is 12.3. The predicted octanol–water partition coefficient (Wildman–Crippen LogP) is 1.43. The van der Waals surface area contributed by atoms with Gasteiger partial charge in [-0.3, -0.25) is 9.78 Å². The number of H-pyrrole nitrogens is 1. The van der Waals surface area contributed by atoms with E-state index in [1.54, 1.807) is 6.07 Å². The third-order valence-electron chi connectivity index (χ3n) is 3.72. The van der Waals surface area contributed by atoms with E-state index < -0.39 is 0 Å². The molecule has 2 aromatic rings. The fourth-order valence-electron chi connectivity index (χ4n) is 2.65. The summed E-state index contributed by atoms with van der Waals surface area (Å²) in [5.74, 6) is 0.627. The Bertz CT molecular complexity index is 708. The van der Waals surface area contributed by atoms with Gasteiger partial charge in [0.15, 0.2) is 0 Å². The number of benzene rings is 1. The summed E-state index contributed by atoms with van der Waals surface area (Å²) < 4.78 is 1.19. The molecular formula is C15H17N3O2. The van der Waals surface area contributed by atoms with Crippen molar-refractivity contribution in [1.82, 2.24) is 9.55 Å². The number of para-hydroxylation sites is 1. The monoisotopic (exact) mass is 271 g/mol. The van der Waals surface area contributed by atoms with Gasteiger partial charge in [-0.1, -0.05) is 18.2 Å². The molecule has 0 radical (unpaired) electrons. The van der Waals surface area contributed by atoms with Crippen LogP contribution in [0.2, 0.25) is 0 Å². The summed E-state index contributed by atoms with van der Waals surface area (Å²) in [5.41, 5.74) is 0.861. The van der Waals surface area contributed by atoms with E-state index in [9.17, 15) is 9.59 Å². The van der Waals surface area contributed by atoms with Crippen molar-refractivity contribution >= 4 is 5.82 Å². The van der Waals surface area contributed by atoms with Gasteiger partial charge < -0.3 is 4.90 Å². The summed E-state index contributed by atoms with van der Waals surface area (Å²) in [7, 11) is 0. The molecule has 0 atom stereocenters. The van der Waals surface area contributed by atoms with Crippen LogP contribution < -0.4 is 16.1 Å². The van der Waals surface area contributed by atoms with Gasteiger partial charge in [-0.25, -0.2) is 9.36 Å². The van der Waals surface area contributed by atoms with E-state index in [0.717, 1.165) is 31.5 Å². The lowest BCUT2D eigenvalue weighted by Crippen LogP contribution is -2.36. The molecule has 20 heavy (non-hydrogen) atoms. The first kappa shape index (κ1) is 12.7. The molecule has 0 spiro atoms. The van der Waals surface area contributed by atoms with Crippen molar-refractivity contribution in [3.05, 3.63) is 56.7 Å². The van der Waals surface area contributed by atoms with Gasteiger partial charge in [0.2, 0.25) is 0 Å². The molecule has 0 aliphatic carbocycles. The fraction of sp³-hybridized carbons (Fsp3) is 0.333. The first-order valence-corrected chi connectivity index (χ1v) is 6.84. The third kappa shape index (κ3) is 2.15. The molecule has 1 saturated heterocycles. The smallest absolute Gasteiger partial charge is 0.334 e. The standard InChI is InChI=1S/C15H17N3O2/c1-11-6-2-3-7-12(11)18-14(19)10-13(16-15(18)20)17-8-4-5-9-17/h2-3,6-7,10H,4-5,8-9H2,1H3,(H,16,20). The van der Waals surface area contributed by atoms with E-state index in [2.05, 4.69) is 4.98 Å². The Morgan fingerprint density at radius 1 is 1.10 bits per heavy atom. The van der Waals surface area contributed by atoms with E-state index in [4.69, 9.17) is 0 Å². The number of aromatic amines is 1. The maximum absolute atomic E-state index is 12.3. The van der Waals surface area contributed by atoms with Gasteiger partial charge in [0.25, 0.3) is 5.56 Å². The summed E-state index contributed by atoms with van der Waals surface area (Å²) in [6, 6.07) is 8.88. The quantitative estimate of drug-likeness (QED) is 0.899. The van der Waals surface area contributed by atoms with Gasteiger partial charge in [-0.2, -0.15) is 0 Å². The number of aromatic nitrogens is 2. The van der Waals surface area contributed by atoms with E-state index in [1.807, 2.05) is 30.0 Å². The van der Waals surface area contributed by atoms with Crippen LogP contribution in [0.1, 0.15) is 18.4 Å². The van der Waals surface area contributed by atoms with Gasteiger partial charge in [0.05, 0.1) is 5.69 Å². The van der Waals surface area contributed by atoms with Crippen LogP contribution in [0, 0.1) is 6.92 Å².